The minimum atomic E-state index is -4.95. The van der Waals surface area contributed by atoms with Crippen molar-refractivity contribution in [2.24, 2.45) is 0 Å². The number of carbonyl (C=O) groups excluding carboxylic acids is 2. The summed E-state index contributed by atoms with van der Waals surface area (Å²) in [6, 6.07) is 3.06. The lowest BCUT2D eigenvalue weighted by Crippen LogP contribution is -2.54. The summed E-state index contributed by atoms with van der Waals surface area (Å²) in [5.41, 5.74) is -2.66. The summed E-state index contributed by atoms with van der Waals surface area (Å²) < 4.78 is 62.1. The molecule has 4 rings (SSSR count). The fraction of sp³-hybridized carbons (Fsp3) is 0.483. The maximum atomic E-state index is 15.7. The van der Waals surface area contributed by atoms with Gasteiger partial charge in [0, 0.05) is 56.1 Å². The first kappa shape index (κ1) is 31.1. The second-order valence-corrected chi connectivity index (χ2v) is 11.7. The number of hydrogen-bond acceptors (Lipinski definition) is 6. The van der Waals surface area contributed by atoms with Gasteiger partial charge in [-0.25, -0.2) is 9.18 Å². The number of nitrogens with zero attached hydrogens (tertiary/aromatic N) is 2. The van der Waals surface area contributed by atoms with Crippen LogP contribution >= 0.6 is 0 Å². The number of carbonyl (C=O) groups is 2. The van der Waals surface area contributed by atoms with Crippen LogP contribution in [-0.2, 0) is 10.9 Å². The van der Waals surface area contributed by atoms with Crippen molar-refractivity contribution in [1.82, 2.24) is 15.2 Å². The minimum Gasteiger partial charge on any atom is -0.444 e. The van der Waals surface area contributed by atoms with Gasteiger partial charge in [-0.3, -0.25) is 9.59 Å². The van der Waals surface area contributed by atoms with Crippen molar-refractivity contribution < 1.29 is 31.9 Å². The number of halogens is 4. The third-order valence-electron chi connectivity index (χ3n) is 6.91. The highest BCUT2D eigenvalue weighted by atomic mass is 19.4. The molecule has 0 spiro atoms. The number of pyridine rings is 1. The number of alkyl halides is 3. The summed E-state index contributed by atoms with van der Waals surface area (Å²) in [6.45, 7) is 10.5. The van der Waals surface area contributed by atoms with Crippen LogP contribution < -0.4 is 21.1 Å². The van der Waals surface area contributed by atoms with Crippen LogP contribution in [0.25, 0.3) is 5.57 Å². The Balaban J connectivity index is 1.71. The predicted octanol–water partition coefficient (Wildman–Crippen LogP) is 5.00. The molecule has 1 fully saturated rings. The number of piperazine rings is 1. The number of amides is 2. The molecule has 3 N–H and O–H groups in total. The molecule has 0 bridgehead atoms. The minimum absolute atomic E-state index is 0.0240. The van der Waals surface area contributed by atoms with Crippen molar-refractivity contribution in [3.05, 3.63) is 63.3 Å². The number of nitrogens with one attached hydrogen (secondary N) is 3. The lowest BCUT2D eigenvalue weighted by Gasteiger charge is -2.38. The molecule has 2 aliphatic heterocycles. The van der Waals surface area contributed by atoms with Gasteiger partial charge in [0.05, 0.1) is 22.5 Å². The van der Waals surface area contributed by atoms with Crippen LogP contribution in [-0.4, -0.2) is 65.7 Å². The maximum absolute atomic E-state index is 15.7. The van der Waals surface area contributed by atoms with E-state index in [1.54, 1.807) is 26.8 Å². The van der Waals surface area contributed by atoms with Crippen molar-refractivity contribution in [3.8, 4) is 0 Å². The number of aromatic nitrogens is 1. The topological polar surface area (TPSA) is 107 Å². The second kappa shape index (κ2) is 11.8. The van der Waals surface area contributed by atoms with Gasteiger partial charge < -0.3 is 30.2 Å². The van der Waals surface area contributed by atoms with Crippen molar-refractivity contribution in [2.45, 2.75) is 64.9 Å². The molecule has 228 valence electrons. The highest BCUT2D eigenvalue weighted by molar-refractivity contribution is 6.07. The molecular formula is C29H35F4N5O4. The number of hydrogen-bond donors (Lipinski definition) is 3. The lowest BCUT2D eigenvalue weighted by atomic mass is 9.97. The average Bonchev–Trinajstić information content (AvgIpc) is 2.87. The molecule has 0 aliphatic carbocycles. The van der Waals surface area contributed by atoms with E-state index < -0.39 is 46.3 Å². The highest BCUT2D eigenvalue weighted by Gasteiger charge is 2.36. The second-order valence-electron chi connectivity index (χ2n) is 11.7. The van der Waals surface area contributed by atoms with Crippen LogP contribution in [0.4, 0.5) is 33.7 Å². The molecule has 2 atom stereocenters. The molecule has 1 aromatic carbocycles. The Bertz CT molecular complexity index is 1440. The molecule has 0 unspecified atom stereocenters. The van der Waals surface area contributed by atoms with Crippen LogP contribution in [0.5, 0.6) is 0 Å². The molecule has 2 amide bonds. The molecule has 1 saturated heterocycles. The zero-order valence-electron chi connectivity index (χ0n) is 24.1. The van der Waals surface area contributed by atoms with E-state index in [1.165, 1.54) is 17.0 Å². The Morgan fingerprint density at radius 1 is 1.07 bits per heavy atom. The number of ether oxygens (including phenoxy) is 1. The third kappa shape index (κ3) is 7.30. The van der Waals surface area contributed by atoms with Gasteiger partial charge in [0.1, 0.15) is 11.4 Å². The molecule has 13 heteroatoms. The molecule has 9 nitrogen and oxygen atoms in total. The van der Waals surface area contributed by atoms with E-state index >= 15 is 4.39 Å². The third-order valence-corrected chi connectivity index (χ3v) is 6.91. The van der Waals surface area contributed by atoms with Gasteiger partial charge in [-0.1, -0.05) is 6.08 Å². The summed E-state index contributed by atoms with van der Waals surface area (Å²) in [4.78, 5) is 42.8. The van der Waals surface area contributed by atoms with Crippen molar-refractivity contribution >= 4 is 28.9 Å². The van der Waals surface area contributed by atoms with Crippen molar-refractivity contribution in [1.29, 1.82) is 0 Å². The van der Waals surface area contributed by atoms with Gasteiger partial charge in [0.2, 0.25) is 5.56 Å². The number of anilines is 2. The summed E-state index contributed by atoms with van der Waals surface area (Å²) in [5.74, 6) is -1.68. The normalized spacial score (nSPS) is 19.8. The maximum Gasteiger partial charge on any atom is 0.417 e. The van der Waals surface area contributed by atoms with Gasteiger partial charge in [-0.15, -0.1) is 0 Å². The smallest absolute Gasteiger partial charge is 0.417 e. The zero-order valence-corrected chi connectivity index (χ0v) is 24.1. The van der Waals surface area contributed by atoms with Gasteiger partial charge in [0.25, 0.3) is 5.91 Å². The van der Waals surface area contributed by atoms with E-state index in [0.717, 1.165) is 0 Å². The zero-order chi connectivity index (χ0) is 31.0. The number of rotatable bonds is 4. The summed E-state index contributed by atoms with van der Waals surface area (Å²) in [5, 5.41) is 5.91. The predicted molar refractivity (Wildman–Crippen MR) is 151 cm³/mol. The summed E-state index contributed by atoms with van der Waals surface area (Å²) in [6.07, 6.45) is -2.74. The summed E-state index contributed by atoms with van der Waals surface area (Å²) >= 11 is 0. The Labute approximate surface area is 240 Å². The van der Waals surface area contributed by atoms with Crippen LogP contribution in [0.15, 0.2) is 35.3 Å². The van der Waals surface area contributed by atoms with Crippen LogP contribution in [0.3, 0.4) is 0 Å². The standard InChI is InChI=1S/C29H35F4N5O4/c1-16-14-38(15-17(2)35-16)24-12-22(30)19(18-6-8-37(9-7-18)27(41)42-28(3,4)5)10-23(24)36-26(40)20-13-34-25(39)11-21(20)29(31,32)33/h6,10-13,16-17,35H,7-9,14-15H2,1-5H3,(H,34,39)(H,36,40)/t16-,17+. The molecular weight excluding hydrogens is 558 g/mol. The quantitative estimate of drug-likeness (QED) is 0.431. The number of aromatic amines is 1. The first-order valence-electron chi connectivity index (χ1n) is 13.6. The van der Waals surface area contributed by atoms with E-state index in [9.17, 15) is 27.6 Å². The van der Waals surface area contributed by atoms with Crippen LogP contribution in [0.2, 0.25) is 0 Å². The molecule has 3 heterocycles. The van der Waals surface area contributed by atoms with E-state index in [4.69, 9.17) is 4.74 Å². The van der Waals surface area contributed by atoms with Crippen LogP contribution in [0, 0.1) is 5.82 Å². The largest absolute Gasteiger partial charge is 0.444 e. The van der Waals surface area contributed by atoms with Gasteiger partial charge in [-0.05, 0) is 58.7 Å². The summed E-state index contributed by atoms with van der Waals surface area (Å²) in [7, 11) is 0. The molecule has 2 aliphatic rings. The Kier molecular flexibility index (Phi) is 8.72. The van der Waals surface area contributed by atoms with E-state index in [0.29, 0.717) is 43.0 Å². The number of benzene rings is 1. The molecule has 1 aromatic heterocycles. The van der Waals surface area contributed by atoms with Crippen molar-refractivity contribution in [3.63, 3.8) is 0 Å². The van der Waals surface area contributed by atoms with Gasteiger partial charge >= 0.3 is 12.3 Å². The van der Waals surface area contributed by atoms with E-state index in [2.05, 4.69) is 15.6 Å². The molecule has 42 heavy (non-hydrogen) atoms. The van der Waals surface area contributed by atoms with Crippen molar-refractivity contribution in [2.75, 3.05) is 36.4 Å². The monoisotopic (exact) mass is 593 g/mol. The Morgan fingerprint density at radius 3 is 2.31 bits per heavy atom. The van der Waals surface area contributed by atoms with Gasteiger partial charge in [0.15, 0.2) is 0 Å². The average molecular weight is 594 g/mol. The van der Waals surface area contributed by atoms with Gasteiger partial charge in [-0.2, -0.15) is 13.2 Å². The lowest BCUT2D eigenvalue weighted by molar-refractivity contribution is -0.138. The molecule has 0 saturated carbocycles. The van der Waals surface area contributed by atoms with E-state index in [-0.39, 0.29) is 36.4 Å². The first-order valence-corrected chi connectivity index (χ1v) is 13.6. The fourth-order valence-corrected chi connectivity index (χ4v) is 5.18. The Hall–Kier alpha value is -3.87. The Morgan fingerprint density at radius 2 is 1.74 bits per heavy atom. The SMILES string of the molecule is C[C@@H]1CN(c2cc(F)c(C3=CCN(C(=O)OC(C)(C)C)CC3)cc2NC(=O)c2c[nH]c(=O)cc2C(F)(F)F)C[C@H](C)N1. The number of H-pyrrole nitrogens is 1. The fourth-order valence-electron chi connectivity index (χ4n) is 5.18. The molecule has 2 aromatic rings. The van der Waals surface area contributed by atoms with Crippen LogP contribution in [0.1, 0.15) is 62.5 Å². The van der Waals surface area contributed by atoms with E-state index in [1.807, 2.05) is 18.7 Å². The first-order chi connectivity index (χ1) is 19.5. The molecule has 0 radical (unpaired) electrons. The highest BCUT2D eigenvalue weighted by Crippen LogP contribution is 2.37.